The van der Waals surface area contributed by atoms with E-state index in [2.05, 4.69) is 5.32 Å². The molecule has 0 unspecified atom stereocenters. The first-order chi connectivity index (χ1) is 13.3. The Morgan fingerprint density at radius 1 is 1.07 bits per heavy atom. The molecular formula is C22H20ClNO4. The van der Waals surface area contributed by atoms with Crippen LogP contribution in [0, 0.1) is 0 Å². The summed E-state index contributed by atoms with van der Waals surface area (Å²) in [6.07, 6.45) is 3.26. The monoisotopic (exact) mass is 397 g/mol. The molecule has 0 saturated carbocycles. The Balaban J connectivity index is 1.91. The van der Waals surface area contributed by atoms with Crippen molar-refractivity contribution in [2.75, 3.05) is 12.4 Å². The number of esters is 1. The second-order valence-corrected chi connectivity index (χ2v) is 7.29. The average Bonchev–Trinajstić information content (AvgIpc) is 3.23. The predicted molar refractivity (Wildman–Crippen MR) is 109 cm³/mol. The fourth-order valence-electron chi connectivity index (χ4n) is 2.83. The molecule has 6 heteroatoms. The molecule has 5 nitrogen and oxygen atoms in total. The van der Waals surface area contributed by atoms with Gasteiger partial charge in [0.2, 0.25) is 5.91 Å². The van der Waals surface area contributed by atoms with Crippen molar-refractivity contribution in [2.45, 2.75) is 19.3 Å². The molecule has 0 fully saturated rings. The summed E-state index contributed by atoms with van der Waals surface area (Å²) in [5.41, 5.74) is 2.41. The van der Waals surface area contributed by atoms with E-state index in [-0.39, 0.29) is 11.5 Å². The van der Waals surface area contributed by atoms with E-state index in [0.717, 1.165) is 16.7 Å². The van der Waals surface area contributed by atoms with Crippen LogP contribution >= 0.6 is 11.6 Å². The van der Waals surface area contributed by atoms with E-state index in [9.17, 15) is 9.59 Å². The lowest BCUT2D eigenvalue weighted by molar-refractivity contribution is -0.120. The molecule has 0 aliphatic heterocycles. The largest absolute Gasteiger partial charge is 0.472 e. The van der Waals surface area contributed by atoms with Gasteiger partial charge in [-0.15, -0.1) is 0 Å². The fourth-order valence-corrected chi connectivity index (χ4v) is 3.00. The summed E-state index contributed by atoms with van der Waals surface area (Å²) in [4.78, 5) is 25.1. The lowest BCUT2D eigenvalue weighted by Crippen LogP contribution is -2.35. The zero-order chi connectivity index (χ0) is 20.3. The molecule has 1 heterocycles. The van der Waals surface area contributed by atoms with Crippen LogP contribution in [0.1, 0.15) is 29.8 Å². The first-order valence-corrected chi connectivity index (χ1v) is 9.03. The highest BCUT2D eigenvalue weighted by molar-refractivity contribution is 6.31. The van der Waals surface area contributed by atoms with Crippen molar-refractivity contribution in [1.29, 1.82) is 0 Å². The van der Waals surface area contributed by atoms with Gasteiger partial charge in [-0.1, -0.05) is 29.8 Å². The summed E-state index contributed by atoms with van der Waals surface area (Å²) in [6, 6.07) is 14.2. The second-order valence-electron chi connectivity index (χ2n) is 6.85. The molecule has 0 saturated heterocycles. The number of anilines is 1. The Morgan fingerprint density at radius 2 is 1.86 bits per heavy atom. The predicted octanol–water partition coefficient (Wildman–Crippen LogP) is 5.30. The van der Waals surface area contributed by atoms with Gasteiger partial charge >= 0.3 is 5.97 Å². The summed E-state index contributed by atoms with van der Waals surface area (Å²) in [7, 11) is 1.28. The molecular weight excluding hydrogens is 378 g/mol. The highest BCUT2D eigenvalue weighted by Gasteiger charge is 2.31. The summed E-state index contributed by atoms with van der Waals surface area (Å²) < 4.78 is 9.93. The van der Waals surface area contributed by atoms with Crippen LogP contribution in [0.15, 0.2) is 65.5 Å². The zero-order valence-electron chi connectivity index (χ0n) is 15.8. The number of furan rings is 1. The standard InChI is InChI=1S/C22H20ClNO4/c1-22(2,16-6-4-5-14(11-16)15-9-10-28-13-15)21(26)24-19-8-7-17(23)12-18(19)20(25)27-3/h4-13H,1-3H3,(H,24,26). The van der Waals surface area contributed by atoms with Crippen LogP contribution in [0.2, 0.25) is 5.02 Å². The van der Waals surface area contributed by atoms with Gasteiger partial charge in [-0.3, -0.25) is 4.79 Å². The van der Waals surface area contributed by atoms with E-state index in [1.807, 2.05) is 44.2 Å². The number of benzene rings is 2. The lowest BCUT2D eigenvalue weighted by atomic mass is 9.82. The minimum absolute atomic E-state index is 0.200. The molecule has 3 aromatic rings. The number of ether oxygens (including phenoxy) is 1. The van der Waals surface area contributed by atoms with E-state index in [0.29, 0.717) is 10.7 Å². The van der Waals surface area contributed by atoms with Gasteiger partial charge in [0.1, 0.15) is 0 Å². The zero-order valence-corrected chi connectivity index (χ0v) is 16.5. The van der Waals surface area contributed by atoms with Gasteiger partial charge in [-0.05, 0) is 55.3 Å². The minimum atomic E-state index is -0.854. The maximum absolute atomic E-state index is 13.1. The second kappa shape index (κ2) is 7.90. The Kier molecular flexibility index (Phi) is 5.56. The van der Waals surface area contributed by atoms with E-state index in [1.165, 1.54) is 13.2 Å². The van der Waals surface area contributed by atoms with Gasteiger partial charge < -0.3 is 14.5 Å². The molecule has 2 aromatic carbocycles. The molecule has 0 aliphatic carbocycles. The molecule has 1 amide bonds. The Labute approximate surface area is 168 Å². The van der Waals surface area contributed by atoms with Gasteiger partial charge in [0.25, 0.3) is 0 Å². The number of hydrogen-bond donors (Lipinski definition) is 1. The maximum Gasteiger partial charge on any atom is 0.340 e. The highest BCUT2D eigenvalue weighted by atomic mass is 35.5. The topological polar surface area (TPSA) is 68.5 Å². The van der Waals surface area contributed by atoms with Crippen LogP contribution in [0.4, 0.5) is 5.69 Å². The van der Waals surface area contributed by atoms with Crippen LogP contribution in [0.3, 0.4) is 0 Å². The van der Waals surface area contributed by atoms with Gasteiger partial charge in [-0.25, -0.2) is 4.79 Å². The van der Waals surface area contributed by atoms with Crippen molar-refractivity contribution in [1.82, 2.24) is 0 Å². The van der Waals surface area contributed by atoms with Crippen LogP contribution in [-0.4, -0.2) is 19.0 Å². The smallest absolute Gasteiger partial charge is 0.340 e. The molecule has 1 N–H and O–H groups in total. The Morgan fingerprint density at radius 3 is 2.54 bits per heavy atom. The summed E-state index contributed by atoms with van der Waals surface area (Å²) >= 11 is 5.98. The minimum Gasteiger partial charge on any atom is -0.472 e. The van der Waals surface area contributed by atoms with E-state index in [4.69, 9.17) is 20.8 Å². The summed E-state index contributed by atoms with van der Waals surface area (Å²) in [6.45, 7) is 3.65. The van der Waals surface area contributed by atoms with Gasteiger partial charge in [0.05, 0.1) is 36.3 Å². The van der Waals surface area contributed by atoms with E-state index in [1.54, 1.807) is 24.7 Å². The third-order valence-corrected chi connectivity index (χ3v) is 4.88. The molecule has 28 heavy (non-hydrogen) atoms. The lowest BCUT2D eigenvalue weighted by Gasteiger charge is -2.25. The molecule has 0 bridgehead atoms. The molecule has 0 aliphatic rings. The number of rotatable bonds is 5. The number of halogens is 1. The first-order valence-electron chi connectivity index (χ1n) is 8.65. The molecule has 0 spiro atoms. The van der Waals surface area contributed by atoms with Crippen molar-refractivity contribution in [2.24, 2.45) is 0 Å². The number of methoxy groups -OCH3 is 1. The van der Waals surface area contributed by atoms with Crippen molar-refractivity contribution in [3.05, 3.63) is 77.2 Å². The number of carbonyl (C=O) groups is 2. The van der Waals surface area contributed by atoms with Crippen molar-refractivity contribution in [3.63, 3.8) is 0 Å². The third-order valence-electron chi connectivity index (χ3n) is 4.64. The molecule has 144 valence electrons. The number of nitrogens with one attached hydrogen (secondary N) is 1. The molecule has 0 radical (unpaired) electrons. The van der Waals surface area contributed by atoms with Gasteiger partial charge in [-0.2, -0.15) is 0 Å². The first kappa shape index (κ1) is 19.7. The SMILES string of the molecule is COC(=O)c1cc(Cl)ccc1NC(=O)C(C)(C)c1cccc(-c2ccoc2)c1. The van der Waals surface area contributed by atoms with E-state index >= 15 is 0 Å². The third kappa shape index (κ3) is 3.94. The number of hydrogen-bond acceptors (Lipinski definition) is 4. The molecule has 3 rings (SSSR count). The normalized spacial score (nSPS) is 11.1. The molecule has 1 aromatic heterocycles. The Bertz CT molecular complexity index is 1010. The highest BCUT2D eigenvalue weighted by Crippen LogP contribution is 2.30. The fraction of sp³-hybridized carbons (Fsp3) is 0.182. The van der Waals surface area contributed by atoms with Crippen LogP contribution in [0.25, 0.3) is 11.1 Å². The molecule has 0 atom stereocenters. The summed E-state index contributed by atoms with van der Waals surface area (Å²) in [5, 5.41) is 3.21. The van der Waals surface area contributed by atoms with Crippen molar-refractivity contribution >= 4 is 29.2 Å². The van der Waals surface area contributed by atoms with Gasteiger partial charge in [0, 0.05) is 10.6 Å². The van der Waals surface area contributed by atoms with Crippen molar-refractivity contribution in [3.8, 4) is 11.1 Å². The average molecular weight is 398 g/mol. The summed E-state index contributed by atoms with van der Waals surface area (Å²) in [5.74, 6) is -0.832. The van der Waals surface area contributed by atoms with Crippen molar-refractivity contribution < 1.29 is 18.7 Å². The number of carbonyl (C=O) groups excluding carboxylic acids is 2. The van der Waals surface area contributed by atoms with Crippen LogP contribution in [0.5, 0.6) is 0 Å². The van der Waals surface area contributed by atoms with Crippen LogP contribution in [-0.2, 0) is 14.9 Å². The number of amides is 1. The quantitative estimate of drug-likeness (QED) is 0.593. The van der Waals surface area contributed by atoms with E-state index < -0.39 is 11.4 Å². The van der Waals surface area contributed by atoms with Gasteiger partial charge in [0.15, 0.2) is 0 Å². The Hall–Kier alpha value is -3.05. The van der Waals surface area contributed by atoms with Crippen LogP contribution < -0.4 is 5.32 Å². The maximum atomic E-state index is 13.1.